The van der Waals surface area contributed by atoms with E-state index in [4.69, 9.17) is 4.74 Å². The molecule has 124 valence electrons. The Morgan fingerprint density at radius 2 is 2.17 bits per heavy atom. The van der Waals surface area contributed by atoms with E-state index in [-0.39, 0.29) is 5.91 Å². The molecule has 0 aliphatic heterocycles. The van der Waals surface area contributed by atoms with Crippen LogP contribution in [0.5, 0.6) is 5.88 Å². The lowest BCUT2D eigenvalue weighted by atomic mass is 10.2. The molecule has 0 saturated heterocycles. The van der Waals surface area contributed by atoms with Crippen LogP contribution in [0.1, 0.15) is 27.9 Å². The highest BCUT2D eigenvalue weighted by Crippen LogP contribution is 2.20. The zero-order valence-corrected chi connectivity index (χ0v) is 14.3. The van der Waals surface area contributed by atoms with Gasteiger partial charge in [0, 0.05) is 17.1 Å². The third-order valence-corrected chi connectivity index (χ3v) is 4.17. The van der Waals surface area contributed by atoms with E-state index in [1.807, 2.05) is 13.8 Å². The molecule has 0 fully saturated rings. The van der Waals surface area contributed by atoms with Crippen LogP contribution in [0.2, 0.25) is 0 Å². The molecule has 0 saturated carbocycles. The molecular weight excluding hydrogens is 328 g/mol. The number of nitrogens with zero attached hydrogens (tertiary/aromatic N) is 5. The third kappa shape index (κ3) is 3.11. The van der Waals surface area contributed by atoms with E-state index >= 15 is 0 Å². The lowest BCUT2D eigenvalue weighted by Gasteiger charge is -2.07. The van der Waals surface area contributed by atoms with Crippen molar-refractivity contribution >= 4 is 22.4 Å². The fourth-order valence-corrected chi connectivity index (χ4v) is 2.87. The number of hydrogen-bond donors (Lipinski definition) is 1. The summed E-state index contributed by atoms with van der Waals surface area (Å²) in [5.74, 6) is 0.701. The summed E-state index contributed by atoms with van der Waals surface area (Å²) in [5, 5.41) is 15.6. The molecule has 3 heterocycles. The van der Waals surface area contributed by atoms with E-state index < -0.39 is 0 Å². The number of methoxy groups -OCH3 is 1. The van der Waals surface area contributed by atoms with Gasteiger partial charge < -0.3 is 4.74 Å². The van der Waals surface area contributed by atoms with Gasteiger partial charge in [0.2, 0.25) is 5.88 Å². The number of carbonyl (C=O) groups excluding carboxylic acids is 1. The maximum atomic E-state index is 12.5. The summed E-state index contributed by atoms with van der Waals surface area (Å²) in [7, 11) is 1.53. The Labute approximate surface area is 142 Å². The Balaban J connectivity index is 1.89. The zero-order chi connectivity index (χ0) is 17.1. The summed E-state index contributed by atoms with van der Waals surface area (Å²) < 4.78 is 6.61. The average molecular weight is 344 g/mol. The monoisotopic (exact) mass is 344 g/mol. The summed E-state index contributed by atoms with van der Waals surface area (Å²) in [4.78, 5) is 17.7. The van der Waals surface area contributed by atoms with Crippen molar-refractivity contribution in [2.45, 2.75) is 20.3 Å². The predicted octanol–water partition coefficient (Wildman–Crippen LogP) is 2.25. The fraction of sp³-hybridized carbons (Fsp3) is 0.267. The first-order valence-corrected chi connectivity index (χ1v) is 8.12. The summed E-state index contributed by atoms with van der Waals surface area (Å²) in [6, 6.07) is 3.44. The number of aromatic nitrogens is 5. The quantitative estimate of drug-likeness (QED) is 0.763. The Morgan fingerprint density at radius 1 is 1.33 bits per heavy atom. The first-order valence-electron chi connectivity index (χ1n) is 7.31. The van der Waals surface area contributed by atoms with Gasteiger partial charge in [-0.3, -0.25) is 10.1 Å². The van der Waals surface area contributed by atoms with Crippen molar-refractivity contribution in [1.82, 2.24) is 25.0 Å². The standard InChI is InChI=1S/C15H16N6O2S/c1-4-11-10(14(22)18-15-16-7-9(2)24-15)8-17-21(11)12-5-6-13(23-3)20-19-12/h5-8H,4H2,1-3H3,(H,16,18,22). The lowest BCUT2D eigenvalue weighted by molar-refractivity contribution is 0.102. The van der Waals surface area contributed by atoms with Crippen molar-refractivity contribution in [2.75, 3.05) is 12.4 Å². The topological polar surface area (TPSA) is 94.8 Å². The molecule has 3 aromatic rings. The van der Waals surface area contributed by atoms with Gasteiger partial charge in [-0.1, -0.05) is 6.92 Å². The number of nitrogens with one attached hydrogen (secondary N) is 1. The molecule has 0 atom stereocenters. The number of anilines is 1. The van der Waals surface area contributed by atoms with Gasteiger partial charge in [0.1, 0.15) is 0 Å². The number of hydrogen-bond acceptors (Lipinski definition) is 7. The van der Waals surface area contributed by atoms with E-state index in [1.165, 1.54) is 24.6 Å². The van der Waals surface area contributed by atoms with Crippen LogP contribution in [0.15, 0.2) is 24.5 Å². The molecule has 0 radical (unpaired) electrons. The Morgan fingerprint density at radius 3 is 2.75 bits per heavy atom. The van der Waals surface area contributed by atoms with Crippen LogP contribution in [0.4, 0.5) is 5.13 Å². The molecule has 3 aromatic heterocycles. The van der Waals surface area contributed by atoms with Crippen LogP contribution in [0.25, 0.3) is 5.82 Å². The molecule has 9 heteroatoms. The highest BCUT2D eigenvalue weighted by atomic mass is 32.1. The van der Waals surface area contributed by atoms with Crippen molar-refractivity contribution in [3.8, 4) is 11.7 Å². The van der Waals surface area contributed by atoms with Gasteiger partial charge in [0.25, 0.3) is 5.91 Å². The van der Waals surface area contributed by atoms with Crippen molar-refractivity contribution < 1.29 is 9.53 Å². The smallest absolute Gasteiger partial charge is 0.260 e. The van der Waals surface area contributed by atoms with Crippen LogP contribution in [0.3, 0.4) is 0 Å². The second-order valence-corrected chi connectivity index (χ2v) is 6.17. The van der Waals surface area contributed by atoms with Gasteiger partial charge in [-0.2, -0.15) is 5.10 Å². The van der Waals surface area contributed by atoms with E-state index in [2.05, 4.69) is 25.6 Å². The van der Waals surface area contributed by atoms with Crippen LogP contribution in [-0.2, 0) is 6.42 Å². The number of carbonyl (C=O) groups is 1. The lowest BCUT2D eigenvalue weighted by Crippen LogP contribution is -2.14. The Bertz CT molecular complexity index is 855. The summed E-state index contributed by atoms with van der Waals surface area (Å²) >= 11 is 1.42. The molecular formula is C15H16N6O2S. The number of aryl methyl sites for hydroxylation is 1. The minimum Gasteiger partial charge on any atom is -0.480 e. The van der Waals surface area contributed by atoms with E-state index in [1.54, 1.807) is 23.0 Å². The summed E-state index contributed by atoms with van der Waals surface area (Å²) in [6.07, 6.45) is 3.87. The van der Waals surface area contributed by atoms with Gasteiger partial charge in [0.05, 0.1) is 24.6 Å². The highest BCUT2D eigenvalue weighted by molar-refractivity contribution is 7.15. The van der Waals surface area contributed by atoms with Gasteiger partial charge >= 0.3 is 0 Å². The van der Waals surface area contributed by atoms with Crippen molar-refractivity contribution in [2.24, 2.45) is 0 Å². The maximum absolute atomic E-state index is 12.5. The van der Waals surface area contributed by atoms with Gasteiger partial charge in [-0.15, -0.1) is 21.5 Å². The second-order valence-electron chi connectivity index (χ2n) is 4.93. The normalized spacial score (nSPS) is 10.6. The second kappa shape index (κ2) is 6.75. The first-order chi connectivity index (χ1) is 11.6. The minimum atomic E-state index is -0.242. The first kappa shape index (κ1) is 16.1. The highest BCUT2D eigenvalue weighted by Gasteiger charge is 2.19. The van der Waals surface area contributed by atoms with Crippen molar-refractivity contribution in [3.63, 3.8) is 0 Å². The molecule has 0 bridgehead atoms. The Kier molecular flexibility index (Phi) is 4.52. The molecule has 0 unspecified atom stereocenters. The molecule has 1 amide bonds. The number of amides is 1. The molecule has 0 aliphatic carbocycles. The van der Waals surface area contributed by atoms with E-state index in [9.17, 15) is 4.79 Å². The maximum Gasteiger partial charge on any atom is 0.260 e. The number of thiazole rings is 1. The largest absolute Gasteiger partial charge is 0.480 e. The van der Waals surface area contributed by atoms with E-state index in [0.29, 0.717) is 28.8 Å². The molecule has 3 rings (SSSR count). The Hall–Kier alpha value is -2.81. The number of ether oxygens (including phenoxy) is 1. The van der Waals surface area contributed by atoms with Gasteiger partial charge in [-0.05, 0) is 19.4 Å². The molecule has 0 aliphatic rings. The van der Waals surface area contributed by atoms with Crippen molar-refractivity contribution in [1.29, 1.82) is 0 Å². The average Bonchev–Trinajstić information content (AvgIpc) is 3.20. The van der Waals surface area contributed by atoms with Crippen molar-refractivity contribution in [3.05, 3.63) is 40.7 Å². The van der Waals surface area contributed by atoms with E-state index in [0.717, 1.165) is 10.6 Å². The zero-order valence-electron chi connectivity index (χ0n) is 13.5. The molecule has 1 N–H and O–H groups in total. The summed E-state index contributed by atoms with van der Waals surface area (Å²) in [6.45, 7) is 3.89. The molecule has 8 nitrogen and oxygen atoms in total. The van der Waals surface area contributed by atoms with Crippen LogP contribution < -0.4 is 10.1 Å². The van der Waals surface area contributed by atoms with Gasteiger partial charge in [-0.25, -0.2) is 9.67 Å². The molecule has 24 heavy (non-hydrogen) atoms. The minimum absolute atomic E-state index is 0.242. The molecule has 0 spiro atoms. The SMILES string of the molecule is CCc1c(C(=O)Nc2ncc(C)s2)cnn1-c1ccc(OC)nn1. The number of rotatable bonds is 5. The van der Waals surface area contributed by atoms with Crippen LogP contribution >= 0.6 is 11.3 Å². The summed E-state index contributed by atoms with van der Waals surface area (Å²) in [5.41, 5.74) is 1.24. The molecule has 0 aromatic carbocycles. The predicted molar refractivity (Wildman–Crippen MR) is 89.9 cm³/mol. The van der Waals surface area contributed by atoms with Crippen LogP contribution in [0, 0.1) is 6.92 Å². The van der Waals surface area contributed by atoms with Gasteiger partial charge in [0.15, 0.2) is 10.9 Å². The fourth-order valence-electron chi connectivity index (χ4n) is 2.21. The third-order valence-electron chi connectivity index (χ3n) is 3.34. The van der Waals surface area contributed by atoms with Crippen LogP contribution in [-0.4, -0.2) is 38.0 Å².